The van der Waals surface area contributed by atoms with Gasteiger partial charge in [0.2, 0.25) is 0 Å². The molecule has 0 saturated carbocycles. The lowest BCUT2D eigenvalue weighted by atomic mass is 9.91. The number of hydrogen-bond acceptors (Lipinski definition) is 1. The van der Waals surface area contributed by atoms with Crippen molar-refractivity contribution >= 4 is 43.1 Å². The van der Waals surface area contributed by atoms with E-state index in [1.165, 1.54) is 71.1 Å². The van der Waals surface area contributed by atoms with Gasteiger partial charge in [-0.1, -0.05) is 176 Å². The zero-order chi connectivity index (χ0) is 34.4. The van der Waals surface area contributed by atoms with Gasteiger partial charge in [0.05, 0.1) is 11.4 Å². The normalized spacial score (nSPS) is 11.5. The summed E-state index contributed by atoms with van der Waals surface area (Å²) in [5.74, 6) is 0. The topological polar surface area (TPSA) is 12.9 Å². The van der Waals surface area contributed by atoms with Gasteiger partial charge in [0, 0.05) is 16.5 Å². The molecule has 0 spiro atoms. The van der Waals surface area contributed by atoms with E-state index in [4.69, 9.17) is 4.98 Å². The van der Waals surface area contributed by atoms with Crippen molar-refractivity contribution in [2.75, 3.05) is 0 Å². The van der Waals surface area contributed by atoms with Crippen LogP contribution in [0.2, 0.25) is 0 Å². The third-order valence-electron chi connectivity index (χ3n) is 10.4. The van der Waals surface area contributed by atoms with Crippen molar-refractivity contribution in [3.8, 4) is 55.9 Å². The average Bonchev–Trinajstić information content (AvgIpc) is 3.23. The Hall–Kier alpha value is -6.83. The molecule has 9 aromatic carbocycles. The van der Waals surface area contributed by atoms with E-state index >= 15 is 0 Å². The van der Waals surface area contributed by atoms with Gasteiger partial charge >= 0.3 is 0 Å². The summed E-state index contributed by atoms with van der Waals surface area (Å²) in [6.07, 6.45) is 0. The molecule has 0 radical (unpaired) electrons. The molecule has 0 aliphatic carbocycles. The van der Waals surface area contributed by atoms with Gasteiger partial charge in [-0.3, -0.25) is 0 Å². The van der Waals surface area contributed by atoms with Gasteiger partial charge in [-0.15, -0.1) is 0 Å². The Labute approximate surface area is 303 Å². The van der Waals surface area contributed by atoms with Crippen molar-refractivity contribution in [1.82, 2.24) is 4.98 Å². The van der Waals surface area contributed by atoms with Crippen molar-refractivity contribution in [2.45, 2.75) is 0 Å². The second-order valence-corrected chi connectivity index (χ2v) is 13.5. The van der Waals surface area contributed by atoms with Gasteiger partial charge in [0.25, 0.3) is 0 Å². The Bertz CT molecular complexity index is 2900. The first-order valence-electron chi connectivity index (χ1n) is 17.9. The molecule has 0 atom stereocenters. The molecule has 0 amide bonds. The molecule has 0 bridgehead atoms. The molecule has 0 saturated heterocycles. The van der Waals surface area contributed by atoms with Crippen LogP contribution in [0.5, 0.6) is 0 Å². The third-order valence-corrected chi connectivity index (χ3v) is 10.4. The summed E-state index contributed by atoms with van der Waals surface area (Å²) >= 11 is 0. The predicted molar refractivity (Wildman–Crippen MR) is 221 cm³/mol. The molecule has 1 aromatic heterocycles. The van der Waals surface area contributed by atoms with Crippen LogP contribution < -0.4 is 0 Å². The largest absolute Gasteiger partial charge is 0.247 e. The first-order chi connectivity index (χ1) is 25.8. The van der Waals surface area contributed by atoms with Crippen LogP contribution in [0.4, 0.5) is 0 Å². The highest BCUT2D eigenvalue weighted by Crippen LogP contribution is 2.38. The van der Waals surface area contributed by atoms with Gasteiger partial charge in [-0.05, 0) is 95.3 Å². The SMILES string of the molecule is c1ccc(-c2ccc(-c3nc(-c4cccc(-c5cccc(-c6ccc7c8ccccc8c8ccccc8c7c6)c5)c4)cc4ccccc34)cc2)cc1. The lowest BCUT2D eigenvalue weighted by Crippen LogP contribution is -1.92. The maximum atomic E-state index is 5.32. The first-order valence-corrected chi connectivity index (χ1v) is 17.9. The Balaban J connectivity index is 1.04. The monoisotopic (exact) mass is 659 g/mol. The van der Waals surface area contributed by atoms with E-state index in [0.29, 0.717) is 0 Å². The molecule has 0 aliphatic heterocycles. The second-order valence-electron chi connectivity index (χ2n) is 13.5. The highest BCUT2D eigenvalue weighted by molar-refractivity contribution is 6.25. The van der Waals surface area contributed by atoms with Gasteiger partial charge < -0.3 is 0 Å². The number of pyridine rings is 1. The second kappa shape index (κ2) is 12.5. The van der Waals surface area contributed by atoms with Gasteiger partial charge in [0.15, 0.2) is 0 Å². The van der Waals surface area contributed by atoms with Crippen molar-refractivity contribution < 1.29 is 0 Å². The summed E-state index contributed by atoms with van der Waals surface area (Å²) in [6, 6.07) is 72.3. The molecule has 10 aromatic rings. The van der Waals surface area contributed by atoms with Crippen LogP contribution in [0.3, 0.4) is 0 Å². The smallest absolute Gasteiger partial charge is 0.0787 e. The third kappa shape index (κ3) is 5.23. The molecule has 0 fully saturated rings. The quantitative estimate of drug-likeness (QED) is 0.168. The molecular weight excluding hydrogens is 627 g/mol. The lowest BCUT2D eigenvalue weighted by molar-refractivity contribution is 1.35. The van der Waals surface area contributed by atoms with Crippen molar-refractivity contribution in [3.05, 3.63) is 200 Å². The molecule has 10 rings (SSSR count). The van der Waals surface area contributed by atoms with Crippen LogP contribution in [-0.2, 0) is 0 Å². The molecule has 0 N–H and O–H groups in total. The van der Waals surface area contributed by atoms with E-state index in [1.54, 1.807) is 0 Å². The number of hydrogen-bond donors (Lipinski definition) is 0. The summed E-state index contributed by atoms with van der Waals surface area (Å²) in [4.78, 5) is 5.32. The van der Waals surface area contributed by atoms with E-state index in [-0.39, 0.29) is 0 Å². The number of rotatable bonds is 5. The van der Waals surface area contributed by atoms with Gasteiger partial charge in [0.1, 0.15) is 0 Å². The van der Waals surface area contributed by atoms with Gasteiger partial charge in [-0.2, -0.15) is 0 Å². The van der Waals surface area contributed by atoms with E-state index in [1.807, 2.05) is 0 Å². The Morgan fingerprint density at radius 2 is 0.654 bits per heavy atom. The van der Waals surface area contributed by atoms with Crippen LogP contribution in [0, 0.1) is 0 Å². The van der Waals surface area contributed by atoms with Crippen LogP contribution in [0.15, 0.2) is 200 Å². The highest BCUT2D eigenvalue weighted by atomic mass is 14.7. The molecule has 52 heavy (non-hydrogen) atoms. The summed E-state index contributed by atoms with van der Waals surface area (Å²) in [7, 11) is 0. The van der Waals surface area contributed by atoms with E-state index in [9.17, 15) is 0 Å². The van der Waals surface area contributed by atoms with E-state index in [2.05, 4.69) is 200 Å². The molecule has 0 unspecified atom stereocenters. The number of benzene rings is 9. The maximum absolute atomic E-state index is 5.32. The summed E-state index contributed by atoms with van der Waals surface area (Å²) in [5.41, 5.74) is 11.3. The highest BCUT2D eigenvalue weighted by Gasteiger charge is 2.13. The zero-order valence-electron chi connectivity index (χ0n) is 28.5. The fourth-order valence-corrected chi connectivity index (χ4v) is 7.84. The molecule has 1 heterocycles. The average molecular weight is 660 g/mol. The van der Waals surface area contributed by atoms with Crippen molar-refractivity contribution in [1.29, 1.82) is 0 Å². The minimum Gasteiger partial charge on any atom is -0.247 e. The molecule has 1 nitrogen and oxygen atoms in total. The summed E-state index contributed by atoms with van der Waals surface area (Å²) in [5, 5.41) is 10.1. The van der Waals surface area contributed by atoms with Crippen molar-refractivity contribution in [3.63, 3.8) is 0 Å². The number of nitrogens with zero attached hydrogens (tertiary/aromatic N) is 1. The lowest BCUT2D eigenvalue weighted by Gasteiger charge is -2.13. The number of aromatic nitrogens is 1. The first kappa shape index (κ1) is 30.0. The fraction of sp³-hybridized carbons (Fsp3) is 0. The summed E-state index contributed by atoms with van der Waals surface area (Å²) < 4.78 is 0. The Morgan fingerprint density at radius 3 is 1.31 bits per heavy atom. The Morgan fingerprint density at radius 1 is 0.231 bits per heavy atom. The minimum absolute atomic E-state index is 0.965. The van der Waals surface area contributed by atoms with Crippen molar-refractivity contribution in [2.24, 2.45) is 0 Å². The Kier molecular flexibility index (Phi) is 7.22. The molecule has 1 heteroatoms. The molecule has 0 aliphatic rings. The van der Waals surface area contributed by atoms with Crippen LogP contribution in [0.25, 0.3) is 99.0 Å². The van der Waals surface area contributed by atoms with Crippen LogP contribution >= 0.6 is 0 Å². The fourth-order valence-electron chi connectivity index (χ4n) is 7.84. The van der Waals surface area contributed by atoms with Gasteiger partial charge in [-0.25, -0.2) is 4.98 Å². The standard InChI is InChI=1S/C51H33N/c1-2-12-34(13-3-1)35-24-26-36(27-25-35)51-43-19-5-4-14-41(43)33-50(52-51)42-18-11-17-39(31-42)37-15-10-16-38(30-37)40-28-29-48-46-22-7-6-20-44(46)45-21-8-9-23-47(45)49(48)32-40/h1-33H. The van der Waals surface area contributed by atoms with Crippen LogP contribution in [0.1, 0.15) is 0 Å². The zero-order valence-corrected chi connectivity index (χ0v) is 28.5. The molecular formula is C51H33N. The van der Waals surface area contributed by atoms with Crippen LogP contribution in [-0.4, -0.2) is 4.98 Å². The minimum atomic E-state index is 0.965. The maximum Gasteiger partial charge on any atom is 0.0787 e. The van der Waals surface area contributed by atoms with E-state index in [0.717, 1.165) is 27.9 Å². The number of fused-ring (bicyclic) bond motifs is 7. The molecule has 242 valence electrons. The summed E-state index contributed by atoms with van der Waals surface area (Å²) in [6.45, 7) is 0. The predicted octanol–water partition coefficient (Wildman–Crippen LogP) is 14.0. The van der Waals surface area contributed by atoms with E-state index < -0.39 is 0 Å².